The first-order chi connectivity index (χ1) is 4.63. The van der Waals surface area contributed by atoms with E-state index >= 15 is 0 Å². The van der Waals surface area contributed by atoms with Crippen LogP contribution in [0.5, 0.6) is 0 Å². The largest absolute Gasteiger partial charge is 1.00 e. The van der Waals surface area contributed by atoms with Crippen molar-refractivity contribution < 1.29 is 120 Å². The molecular formula is C4H6K2O4S2. The molecule has 0 spiro atoms. The first kappa shape index (κ1) is 20.6. The maximum absolute atomic E-state index is 9.84. The van der Waals surface area contributed by atoms with Crippen molar-refractivity contribution >= 4 is 22.2 Å². The van der Waals surface area contributed by atoms with E-state index in [1.165, 1.54) is 12.2 Å². The van der Waals surface area contributed by atoms with Crippen molar-refractivity contribution in [3.63, 3.8) is 0 Å². The van der Waals surface area contributed by atoms with Gasteiger partial charge in [0.15, 0.2) is 0 Å². The Morgan fingerprint density at radius 2 is 1.17 bits per heavy atom. The number of hydrogen-bond acceptors (Lipinski definition) is 4. The van der Waals surface area contributed by atoms with Crippen LogP contribution in [-0.4, -0.2) is 29.0 Å². The van der Waals surface area contributed by atoms with E-state index < -0.39 is 22.2 Å². The summed E-state index contributed by atoms with van der Waals surface area (Å²) >= 11 is -4.24. The van der Waals surface area contributed by atoms with Gasteiger partial charge in [0.25, 0.3) is 0 Å². The van der Waals surface area contributed by atoms with Crippen LogP contribution in [0, 0.1) is 0 Å². The molecule has 0 saturated carbocycles. The molecule has 0 fully saturated rings. The first-order valence-corrected chi connectivity index (χ1v) is 4.88. The van der Waals surface area contributed by atoms with Crippen molar-refractivity contribution in [3.8, 4) is 0 Å². The van der Waals surface area contributed by atoms with Gasteiger partial charge in [-0.25, -0.2) is 0 Å². The molecule has 8 heteroatoms. The average Bonchev–Trinajstić information content (AvgIpc) is 1.79. The minimum atomic E-state index is -2.12. The normalized spacial score (nSPS) is 14.5. The van der Waals surface area contributed by atoms with E-state index in [4.69, 9.17) is 0 Å². The third-order valence-electron chi connectivity index (χ3n) is 0.631. The van der Waals surface area contributed by atoms with E-state index in [0.717, 1.165) is 0 Å². The van der Waals surface area contributed by atoms with E-state index in [1.54, 1.807) is 0 Å². The van der Waals surface area contributed by atoms with Gasteiger partial charge in [0.05, 0.1) is 0 Å². The minimum Gasteiger partial charge on any atom is -0.772 e. The Hall–Kier alpha value is 3.23. The summed E-state index contributed by atoms with van der Waals surface area (Å²) in [6.45, 7) is 0. The second kappa shape index (κ2) is 14.2. The fourth-order valence-electron chi connectivity index (χ4n) is 0.293. The molecule has 0 aromatic rings. The van der Waals surface area contributed by atoms with Gasteiger partial charge < -0.3 is 9.11 Å². The molecule has 0 radical (unpaired) electrons. The Labute approximate surface area is 162 Å². The van der Waals surface area contributed by atoms with Crippen LogP contribution >= 0.6 is 0 Å². The Morgan fingerprint density at radius 1 is 0.917 bits per heavy atom. The quantitative estimate of drug-likeness (QED) is 0.286. The van der Waals surface area contributed by atoms with Crippen molar-refractivity contribution in [2.75, 3.05) is 11.5 Å². The molecule has 0 bridgehead atoms. The molecule has 0 aliphatic heterocycles. The van der Waals surface area contributed by atoms with Crippen molar-refractivity contribution in [2.24, 2.45) is 0 Å². The van der Waals surface area contributed by atoms with E-state index in [-0.39, 0.29) is 114 Å². The molecule has 0 aromatic carbocycles. The zero-order chi connectivity index (χ0) is 7.98. The zero-order valence-electron chi connectivity index (χ0n) is 7.02. The third-order valence-corrected chi connectivity index (χ3v) is 1.56. The van der Waals surface area contributed by atoms with Crippen LogP contribution in [0.25, 0.3) is 0 Å². The van der Waals surface area contributed by atoms with Gasteiger partial charge in [-0.2, -0.15) is 0 Å². The van der Waals surface area contributed by atoms with E-state index in [9.17, 15) is 17.5 Å². The molecule has 4 nitrogen and oxygen atoms in total. The molecule has 0 rings (SSSR count). The Bertz CT molecular complexity index is 154. The summed E-state index contributed by atoms with van der Waals surface area (Å²) in [5.74, 6) is -0.256. The third kappa shape index (κ3) is 18.9. The van der Waals surface area contributed by atoms with Gasteiger partial charge in [0.1, 0.15) is 0 Å². The standard InChI is InChI=1S/C4H8O4S2.2K/c5-9(6)3-1-2-4-10(7)8;;/h1-2H,3-4H2,(H,5,6)(H,7,8);;/q;2*+1/p-2. The summed E-state index contributed by atoms with van der Waals surface area (Å²) in [7, 11) is 0. The predicted molar refractivity (Wildman–Crippen MR) is 36.7 cm³/mol. The topological polar surface area (TPSA) is 80.3 Å². The number of rotatable bonds is 4. The Kier molecular flexibility index (Phi) is 24.5. The molecule has 0 N–H and O–H groups in total. The molecule has 2 atom stereocenters. The van der Waals surface area contributed by atoms with Crippen molar-refractivity contribution in [2.45, 2.75) is 0 Å². The van der Waals surface area contributed by atoms with Crippen LogP contribution in [0.4, 0.5) is 0 Å². The van der Waals surface area contributed by atoms with Gasteiger partial charge in [-0.15, -0.1) is 0 Å². The predicted octanol–water partition coefficient (Wildman–Crippen LogP) is -6.69. The van der Waals surface area contributed by atoms with Crippen molar-refractivity contribution in [1.82, 2.24) is 0 Å². The van der Waals surface area contributed by atoms with E-state index in [0.29, 0.717) is 0 Å². The van der Waals surface area contributed by atoms with Gasteiger partial charge in [0, 0.05) is 11.5 Å². The zero-order valence-corrected chi connectivity index (χ0v) is 14.9. The van der Waals surface area contributed by atoms with Gasteiger partial charge in [-0.3, -0.25) is 8.42 Å². The van der Waals surface area contributed by atoms with Gasteiger partial charge >= 0.3 is 103 Å². The molecule has 0 aliphatic rings. The molecule has 2 unspecified atom stereocenters. The summed E-state index contributed by atoms with van der Waals surface area (Å²) in [6.07, 6.45) is 2.58. The summed E-state index contributed by atoms with van der Waals surface area (Å²) in [5, 5.41) is 0. The summed E-state index contributed by atoms with van der Waals surface area (Å²) in [4.78, 5) is 0. The first-order valence-electron chi connectivity index (χ1n) is 2.39. The van der Waals surface area contributed by atoms with Gasteiger partial charge in [-0.05, 0) is 0 Å². The molecule has 0 saturated heterocycles. The SMILES string of the molecule is O=S([O-])CC=CCS(=O)[O-].[K+].[K+]. The molecular weight excluding hydrogens is 254 g/mol. The van der Waals surface area contributed by atoms with Crippen LogP contribution in [0.15, 0.2) is 12.2 Å². The molecule has 0 amide bonds. The fourth-order valence-corrected chi connectivity index (χ4v) is 0.880. The van der Waals surface area contributed by atoms with Crippen LogP contribution in [0.2, 0.25) is 0 Å². The number of hydrogen-bond donors (Lipinski definition) is 0. The average molecular weight is 260 g/mol. The van der Waals surface area contributed by atoms with Gasteiger partial charge in [-0.1, -0.05) is 34.3 Å². The molecule has 60 valence electrons. The monoisotopic (exact) mass is 260 g/mol. The van der Waals surface area contributed by atoms with E-state index in [2.05, 4.69) is 0 Å². The Balaban J connectivity index is -0.000000405. The molecule has 12 heavy (non-hydrogen) atoms. The fraction of sp³-hybridized carbons (Fsp3) is 0.500. The molecule has 0 heterocycles. The molecule has 0 aromatic heterocycles. The second-order valence-electron chi connectivity index (χ2n) is 1.41. The van der Waals surface area contributed by atoms with Crippen LogP contribution in [0.1, 0.15) is 0 Å². The maximum atomic E-state index is 9.84. The minimum absolute atomic E-state index is 0. The van der Waals surface area contributed by atoms with Crippen molar-refractivity contribution in [1.29, 1.82) is 0 Å². The maximum Gasteiger partial charge on any atom is 1.00 e. The summed E-state index contributed by atoms with van der Waals surface area (Å²) in [6, 6.07) is 0. The summed E-state index contributed by atoms with van der Waals surface area (Å²) < 4.78 is 39.4. The second-order valence-corrected chi connectivity index (χ2v) is 3.29. The molecule has 0 aliphatic carbocycles. The van der Waals surface area contributed by atoms with Crippen LogP contribution in [0.3, 0.4) is 0 Å². The van der Waals surface area contributed by atoms with Crippen LogP contribution < -0.4 is 103 Å². The smallest absolute Gasteiger partial charge is 0.772 e. The van der Waals surface area contributed by atoms with Gasteiger partial charge in [0.2, 0.25) is 0 Å². The Morgan fingerprint density at radius 3 is 1.33 bits per heavy atom. The summed E-state index contributed by atoms with van der Waals surface area (Å²) in [5.41, 5.74) is 0. The van der Waals surface area contributed by atoms with Crippen molar-refractivity contribution in [3.05, 3.63) is 12.2 Å². The van der Waals surface area contributed by atoms with E-state index in [1.807, 2.05) is 0 Å². The van der Waals surface area contributed by atoms with Crippen LogP contribution in [-0.2, 0) is 22.2 Å².